The molecule has 2 atom stereocenters. The third-order valence-corrected chi connectivity index (χ3v) is 4.45. The zero-order valence-electron chi connectivity index (χ0n) is 16.4. The molecule has 2 unspecified atom stereocenters. The highest BCUT2D eigenvalue weighted by atomic mass is 31.0. The Hall–Kier alpha value is -1.70. The summed E-state index contributed by atoms with van der Waals surface area (Å²) < 4.78 is 33.7. The van der Waals surface area contributed by atoms with E-state index in [0.717, 1.165) is 0 Å². The fourth-order valence-corrected chi connectivity index (χ4v) is 3.08. The van der Waals surface area contributed by atoms with Gasteiger partial charge < -0.3 is 14.7 Å². The van der Waals surface area contributed by atoms with Crippen LogP contribution in [0.2, 0.25) is 0 Å². The number of halogens is 2. The van der Waals surface area contributed by atoms with Gasteiger partial charge in [-0.15, -0.1) is 0 Å². The van der Waals surface area contributed by atoms with E-state index in [9.17, 15) is 13.9 Å². The number of benzene rings is 1. The van der Waals surface area contributed by atoms with Crippen molar-refractivity contribution in [1.29, 1.82) is 5.26 Å². The monoisotopic (exact) mass is 398 g/mol. The Balaban J connectivity index is 3.21. The lowest BCUT2D eigenvalue weighted by molar-refractivity contribution is 0.102. The standard InChI is InChI=1S/C20H29F2N2O2P/c1-13(2)10-19(15(5)24(8-9-25)14(3)4)26-17-7-6-16(12-23)18(11-17)20(21,22)27/h6-7,11,13-14,19,25H,5,8-10,27H2,1-4H3. The molecule has 0 aromatic heterocycles. The molecular weight excluding hydrogens is 369 g/mol. The van der Waals surface area contributed by atoms with Gasteiger partial charge in [-0.1, -0.05) is 29.7 Å². The molecule has 4 nitrogen and oxygen atoms in total. The fraction of sp³-hybridized carbons (Fsp3) is 0.550. The second-order valence-electron chi connectivity index (χ2n) is 7.18. The first-order valence-electron chi connectivity index (χ1n) is 8.95. The summed E-state index contributed by atoms with van der Waals surface area (Å²) in [4.78, 5) is 1.95. The van der Waals surface area contributed by atoms with E-state index in [4.69, 9.17) is 10.00 Å². The minimum atomic E-state index is -3.23. The molecule has 7 heteroatoms. The van der Waals surface area contributed by atoms with Gasteiger partial charge in [0.05, 0.1) is 18.2 Å². The number of aliphatic hydroxyl groups is 1. The molecule has 0 saturated carbocycles. The van der Waals surface area contributed by atoms with Gasteiger partial charge in [-0.25, -0.2) is 0 Å². The van der Waals surface area contributed by atoms with Crippen LogP contribution in [0.15, 0.2) is 30.5 Å². The molecule has 0 aliphatic carbocycles. The van der Waals surface area contributed by atoms with Crippen molar-refractivity contribution in [1.82, 2.24) is 4.90 Å². The predicted octanol–water partition coefficient (Wildman–Crippen LogP) is 4.49. The van der Waals surface area contributed by atoms with Crippen molar-refractivity contribution in [2.24, 2.45) is 5.92 Å². The van der Waals surface area contributed by atoms with E-state index < -0.39 is 17.3 Å². The number of nitriles is 1. The van der Waals surface area contributed by atoms with E-state index in [1.165, 1.54) is 27.4 Å². The van der Waals surface area contributed by atoms with Crippen LogP contribution in [-0.2, 0) is 5.66 Å². The van der Waals surface area contributed by atoms with Crippen LogP contribution in [-0.4, -0.2) is 35.3 Å². The molecule has 27 heavy (non-hydrogen) atoms. The number of aliphatic hydroxyl groups excluding tert-OH is 1. The summed E-state index contributed by atoms with van der Waals surface area (Å²) in [5.41, 5.74) is -3.02. The largest absolute Gasteiger partial charge is 0.484 e. The molecule has 0 radical (unpaired) electrons. The lowest BCUT2D eigenvalue weighted by Crippen LogP contribution is -2.39. The highest BCUT2D eigenvalue weighted by molar-refractivity contribution is 7.17. The first-order valence-corrected chi connectivity index (χ1v) is 9.53. The van der Waals surface area contributed by atoms with Crippen LogP contribution in [0.3, 0.4) is 0 Å². The number of ether oxygens (including phenoxy) is 1. The van der Waals surface area contributed by atoms with E-state index in [0.29, 0.717) is 18.7 Å². The van der Waals surface area contributed by atoms with Crippen LogP contribution in [0.4, 0.5) is 8.78 Å². The van der Waals surface area contributed by atoms with Crippen LogP contribution in [0, 0.1) is 17.2 Å². The van der Waals surface area contributed by atoms with Crippen LogP contribution in [0.1, 0.15) is 45.2 Å². The molecular formula is C20H29F2N2O2P. The Bertz CT molecular complexity index is 682. The Morgan fingerprint density at radius 1 is 1.37 bits per heavy atom. The molecule has 1 N–H and O–H groups in total. The number of alkyl halides is 2. The molecule has 0 amide bonds. The zero-order chi connectivity index (χ0) is 20.8. The second-order valence-corrected chi connectivity index (χ2v) is 7.91. The lowest BCUT2D eigenvalue weighted by Gasteiger charge is -2.35. The van der Waals surface area contributed by atoms with Crippen LogP contribution in [0.25, 0.3) is 0 Å². The molecule has 0 spiro atoms. The summed E-state index contributed by atoms with van der Waals surface area (Å²) in [6.07, 6.45) is 0.206. The zero-order valence-corrected chi connectivity index (χ0v) is 17.5. The van der Waals surface area contributed by atoms with E-state index in [2.05, 4.69) is 6.58 Å². The Kier molecular flexibility index (Phi) is 8.65. The first-order chi connectivity index (χ1) is 12.5. The molecule has 0 aliphatic rings. The Labute approximate surface area is 163 Å². The van der Waals surface area contributed by atoms with Gasteiger partial charge in [0, 0.05) is 23.8 Å². The maximum Gasteiger partial charge on any atom is 0.285 e. The summed E-state index contributed by atoms with van der Waals surface area (Å²) in [5.74, 6) is 0.543. The van der Waals surface area contributed by atoms with Crippen molar-refractivity contribution in [3.63, 3.8) is 0 Å². The van der Waals surface area contributed by atoms with Gasteiger partial charge in [-0.05, 0) is 44.4 Å². The molecule has 0 bridgehead atoms. The summed E-state index contributed by atoms with van der Waals surface area (Å²) in [7, 11) is 1.45. The van der Waals surface area contributed by atoms with Crippen molar-refractivity contribution in [3.05, 3.63) is 41.6 Å². The third kappa shape index (κ3) is 6.75. The molecule has 150 valence electrons. The van der Waals surface area contributed by atoms with Crippen LogP contribution < -0.4 is 4.74 Å². The SMILES string of the molecule is C=C(C(CC(C)C)Oc1ccc(C#N)c(C(F)(F)P)c1)N(CCO)C(C)C. The first kappa shape index (κ1) is 23.3. The smallest absolute Gasteiger partial charge is 0.285 e. The van der Waals surface area contributed by atoms with Gasteiger partial charge in [0.25, 0.3) is 5.66 Å². The number of hydrogen-bond acceptors (Lipinski definition) is 4. The number of rotatable bonds is 10. The summed E-state index contributed by atoms with van der Waals surface area (Å²) in [6, 6.07) is 5.96. The van der Waals surface area contributed by atoms with Gasteiger partial charge in [0.15, 0.2) is 0 Å². The minimum absolute atomic E-state index is 0.0219. The third-order valence-electron chi connectivity index (χ3n) is 4.14. The molecule has 0 saturated heterocycles. The summed E-state index contributed by atoms with van der Waals surface area (Å²) >= 11 is 0. The van der Waals surface area contributed by atoms with Gasteiger partial charge in [-0.3, -0.25) is 0 Å². The normalized spacial score (nSPS) is 12.8. The second kappa shape index (κ2) is 10.0. The van der Waals surface area contributed by atoms with Crippen LogP contribution >= 0.6 is 9.24 Å². The maximum atomic E-state index is 13.8. The lowest BCUT2D eigenvalue weighted by atomic mass is 10.0. The van der Waals surface area contributed by atoms with Crippen molar-refractivity contribution < 1.29 is 18.6 Å². The highest BCUT2D eigenvalue weighted by Gasteiger charge is 2.29. The number of nitrogens with zero attached hydrogens (tertiary/aromatic N) is 2. The topological polar surface area (TPSA) is 56.5 Å². The maximum absolute atomic E-state index is 13.8. The predicted molar refractivity (Wildman–Crippen MR) is 107 cm³/mol. The van der Waals surface area contributed by atoms with Crippen molar-refractivity contribution >= 4 is 9.24 Å². The molecule has 0 fully saturated rings. The average molecular weight is 398 g/mol. The quantitative estimate of drug-likeness (QED) is 0.590. The summed E-state index contributed by atoms with van der Waals surface area (Å²) in [5, 5.41) is 18.4. The van der Waals surface area contributed by atoms with Gasteiger partial charge in [-0.2, -0.15) is 14.0 Å². The van der Waals surface area contributed by atoms with Crippen molar-refractivity contribution in [2.75, 3.05) is 13.2 Å². The van der Waals surface area contributed by atoms with E-state index in [-0.39, 0.29) is 29.9 Å². The molecule has 0 heterocycles. The molecule has 1 rings (SSSR count). The van der Waals surface area contributed by atoms with Crippen molar-refractivity contribution in [2.45, 2.75) is 51.9 Å². The van der Waals surface area contributed by atoms with Gasteiger partial charge >= 0.3 is 0 Å². The van der Waals surface area contributed by atoms with E-state index in [1.807, 2.05) is 32.6 Å². The molecule has 1 aromatic carbocycles. The Morgan fingerprint density at radius 3 is 2.44 bits per heavy atom. The van der Waals surface area contributed by atoms with E-state index >= 15 is 0 Å². The van der Waals surface area contributed by atoms with Gasteiger partial charge in [0.2, 0.25) is 0 Å². The molecule has 0 aliphatic heterocycles. The van der Waals surface area contributed by atoms with Crippen LogP contribution in [0.5, 0.6) is 5.75 Å². The average Bonchev–Trinajstić information content (AvgIpc) is 2.57. The molecule has 1 aromatic rings. The summed E-state index contributed by atoms with van der Waals surface area (Å²) in [6.45, 7) is 12.6. The minimum Gasteiger partial charge on any atom is -0.484 e. The van der Waals surface area contributed by atoms with E-state index in [1.54, 1.807) is 6.07 Å². The van der Waals surface area contributed by atoms with Crippen molar-refractivity contribution in [3.8, 4) is 11.8 Å². The Morgan fingerprint density at radius 2 is 2.00 bits per heavy atom. The highest BCUT2D eigenvalue weighted by Crippen LogP contribution is 2.39. The fourth-order valence-electron chi connectivity index (χ4n) is 2.84. The van der Waals surface area contributed by atoms with Gasteiger partial charge in [0.1, 0.15) is 11.9 Å². The number of hydrogen-bond donors (Lipinski definition) is 1.